The number of aromatic nitrogens is 1. The van der Waals surface area contributed by atoms with Crippen LogP contribution in [0, 0.1) is 0 Å². The fourth-order valence-corrected chi connectivity index (χ4v) is 1.32. The maximum atomic E-state index is 11.5. The molecule has 1 heterocycles. The number of amides is 1. The van der Waals surface area contributed by atoms with Gasteiger partial charge < -0.3 is 15.3 Å². The van der Waals surface area contributed by atoms with Crippen molar-refractivity contribution in [3.8, 4) is 0 Å². The monoisotopic (exact) mass is 257 g/mol. The number of anilines is 1. The first-order valence-corrected chi connectivity index (χ1v) is 5.64. The molecule has 1 aromatic rings. The van der Waals surface area contributed by atoms with Gasteiger partial charge in [-0.15, -0.1) is 0 Å². The van der Waals surface area contributed by atoms with Gasteiger partial charge in [0.1, 0.15) is 5.82 Å². The fraction of sp³-hybridized carbons (Fsp3) is 0.455. The van der Waals surface area contributed by atoms with Crippen LogP contribution in [0.1, 0.15) is 6.92 Å². The standard InChI is InChI=1S/C11H16ClN3O2/c1-8(16)5-14-11(17)7-15(2)10-4-3-9(12)6-13-10/h3-4,6,8,16H,5,7H2,1-2H3,(H,14,17)/t8-/m0/s1. The molecule has 0 aliphatic rings. The number of nitrogens with one attached hydrogen (secondary N) is 1. The molecular weight excluding hydrogens is 242 g/mol. The molecule has 0 aromatic carbocycles. The molecule has 0 bridgehead atoms. The third-order valence-corrected chi connectivity index (χ3v) is 2.30. The van der Waals surface area contributed by atoms with Gasteiger partial charge in [-0.2, -0.15) is 0 Å². The molecule has 0 fully saturated rings. The summed E-state index contributed by atoms with van der Waals surface area (Å²) in [6, 6.07) is 3.46. The average molecular weight is 258 g/mol. The summed E-state index contributed by atoms with van der Waals surface area (Å²) in [4.78, 5) is 17.3. The zero-order valence-corrected chi connectivity index (χ0v) is 10.6. The number of halogens is 1. The van der Waals surface area contributed by atoms with E-state index in [1.54, 1.807) is 31.0 Å². The predicted octanol–water partition coefficient (Wildman–Crippen LogP) is 0.668. The third kappa shape index (κ3) is 5.01. The molecule has 1 aromatic heterocycles. The van der Waals surface area contributed by atoms with Crippen LogP contribution in [-0.4, -0.2) is 42.2 Å². The van der Waals surface area contributed by atoms with Gasteiger partial charge in [0, 0.05) is 19.8 Å². The van der Waals surface area contributed by atoms with Crippen LogP contribution in [-0.2, 0) is 4.79 Å². The molecule has 2 N–H and O–H groups in total. The number of carbonyl (C=O) groups excluding carboxylic acids is 1. The molecule has 0 radical (unpaired) electrons. The molecule has 0 unspecified atom stereocenters. The summed E-state index contributed by atoms with van der Waals surface area (Å²) in [5.74, 6) is 0.506. The number of pyridine rings is 1. The SMILES string of the molecule is C[C@H](O)CNC(=O)CN(C)c1ccc(Cl)cn1. The smallest absolute Gasteiger partial charge is 0.239 e. The first-order chi connectivity index (χ1) is 7.99. The Morgan fingerprint density at radius 1 is 1.65 bits per heavy atom. The van der Waals surface area contributed by atoms with E-state index in [2.05, 4.69) is 10.3 Å². The molecule has 1 atom stereocenters. The number of carbonyl (C=O) groups is 1. The summed E-state index contributed by atoms with van der Waals surface area (Å²) in [5, 5.41) is 12.2. The van der Waals surface area contributed by atoms with E-state index < -0.39 is 6.10 Å². The Labute approximate surface area is 105 Å². The summed E-state index contributed by atoms with van der Waals surface area (Å²) >= 11 is 5.72. The van der Waals surface area contributed by atoms with Gasteiger partial charge in [-0.3, -0.25) is 4.79 Å². The lowest BCUT2D eigenvalue weighted by Crippen LogP contribution is -2.38. The van der Waals surface area contributed by atoms with E-state index >= 15 is 0 Å². The molecule has 0 saturated carbocycles. The van der Waals surface area contributed by atoms with Crippen molar-refractivity contribution in [3.05, 3.63) is 23.4 Å². The summed E-state index contributed by atoms with van der Waals surface area (Å²) in [7, 11) is 1.76. The molecular formula is C11H16ClN3O2. The lowest BCUT2D eigenvalue weighted by atomic mass is 10.4. The Morgan fingerprint density at radius 2 is 2.35 bits per heavy atom. The van der Waals surface area contributed by atoms with Crippen molar-refractivity contribution in [2.75, 3.05) is 25.0 Å². The maximum Gasteiger partial charge on any atom is 0.239 e. The molecule has 0 spiro atoms. The Morgan fingerprint density at radius 3 is 2.88 bits per heavy atom. The van der Waals surface area contributed by atoms with Gasteiger partial charge in [-0.1, -0.05) is 11.6 Å². The zero-order chi connectivity index (χ0) is 12.8. The number of nitrogens with zero attached hydrogens (tertiary/aromatic N) is 2. The zero-order valence-electron chi connectivity index (χ0n) is 9.85. The quantitative estimate of drug-likeness (QED) is 0.814. The van der Waals surface area contributed by atoms with Gasteiger partial charge >= 0.3 is 0 Å². The second kappa shape index (κ2) is 6.42. The van der Waals surface area contributed by atoms with Crippen LogP contribution in [0.3, 0.4) is 0 Å². The first kappa shape index (κ1) is 13.7. The highest BCUT2D eigenvalue weighted by Crippen LogP contribution is 2.12. The van der Waals surface area contributed by atoms with Gasteiger partial charge in [0.2, 0.25) is 5.91 Å². The highest BCUT2D eigenvalue weighted by Gasteiger charge is 2.08. The van der Waals surface area contributed by atoms with Gasteiger partial charge in [0.05, 0.1) is 17.7 Å². The lowest BCUT2D eigenvalue weighted by Gasteiger charge is -2.17. The number of aliphatic hydroxyl groups is 1. The van der Waals surface area contributed by atoms with Gasteiger partial charge in [-0.05, 0) is 19.1 Å². The number of likely N-dealkylation sites (N-methyl/N-ethyl adjacent to an activating group) is 1. The number of aliphatic hydroxyl groups excluding tert-OH is 1. The highest BCUT2D eigenvalue weighted by atomic mass is 35.5. The predicted molar refractivity (Wildman–Crippen MR) is 67.2 cm³/mol. The maximum absolute atomic E-state index is 11.5. The molecule has 6 heteroatoms. The van der Waals surface area contributed by atoms with E-state index in [1.807, 2.05) is 0 Å². The summed E-state index contributed by atoms with van der Waals surface area (Å²) in [6.45, 7) is 2.05. The Kier molecular flexibility index (Phi) is 5.18. The van der Waals surface area contributed by atoms with E-state index in [1.165, 1.54) is 6.20 Å². The van der Waals surface area contributed by atoms with Crippen LogP contribution in [0.2, 0.25) is 5.02 Å². The molecule has 5 nitrogen and oxygen atoms in total. The Bertz CT molecular complexity index is 367. The van der Waals surface area contributed by atoms with Gasteiger partial charge in [-0.25, -0.2) is 4.98 Å². The third-order valence-electron chi connectivity index (χ3n) is 2.08. The van der Waals surface area contributed by atoms with Crippen LogP contribution in [0.15, 0.2) is 18.3 Å². The Hall–Kier alpha value is -1.33. The van der Waals surface area contributed by atoms with Crippen LogP contribution >= 0.6 is 11.6 Å². The van der Waals surface area contributed by atoms with Crippen molar-refractivity contribution in [3.63, 3.8) is 0 Å². The van der Waals surface area contributed by atoms with Crippen molar-refractivity contribution in [1.82, 2.24) is 10.3 Å². The average Bonchev–Trinajstić information content (AvgIpc) is 2.27. The lowest BCUT2D eigenvalue weighted by molar-refractivity contribution is -0.120. The highest BCUT2D eigenvalue weighted by molar-refractivity contribution is 6.30. The first-order valence-electron chi connectivity index (χ1n) is 5.26. The van der Waals surface area contributed by atoms with E-state index in [9.17, 15) is 4.79 Å². The Balaban J connectivity index is 2.46. The van der Waals surface area contributed by atoms with Crippen molar-refractivity contribution in [2.45, 2.75) is 13.0 Å². The van der Waals surface area contributed by atoms with Crippen molar-refractivity contribution in [2.24, 2.45) is 0 Å². The molecule has 17 heavy (non-hydrogen) atoms. The van der Waals surface area contributed by atoms with Crippen molar-refractivity contribution >= 4 is 23.3 Å². The minimum Gasteiger partial charge on any atom is -0.392 e. The van der Waals surface area contributed by atoms with Crippen LogP contribution in [0.4, 0.5) is 5.82 Å². The van der Waals surface area contributed by atoms with Gasteiger partial charge in [0.15, 0.2) is 0 Å². The number of rotatable bonds is 5. The van der Waals surface area contributed by atoms with Crippen molar-refractivity contribution in [1.29, 1.82) is 0 Å². The summed E-state index contributed by atoms with van der Waals surface area (Å²) in [6.07, 6.45) is 0.985. The minimum absolute atomic E-state index is 0.162. The van der Waals surface area contributed by atoms with Crippen LogP contribution < -0.4 is 10.2 Å². The topological polar surface area (TPSA) is 65.5 Å². The van der Waals surface area contributed by atoms with Crippen LogP contribution in [0.25, 0.3) is 0 Å². The summed E-state index contributed by atoms with van der Waals surface area (Å²) in [5.41, 5.74) is 0. The molecule has 94 valence electrons. The molecule has 0 aliphatic carbocycles. The normalized spacial score (nSPS) is 12.0. The fourth-order valence-electron chi connectivity index (χ4n) is 1.21. The molecule has 0 aliphatic heterocycles. The van der Waals surface area contributed by atoms with E-state index in [4.69, 9.17) is 16.7 Å². The second-order valence-electron chi connectivity index (χ2n) is 3.84. The number of hydrogen-bond acceptors (Lipinski definition) is 4. The van der Waals surface area contributed by atoms with Gasteiger partial charge in [0.25, 0.3) is 0 Å². The van der Waals surface area contributed by atoms with E-state index in [0.29, 0.717) is 10.8 Å². The largest absolute Gasteiger partial charge is 0.392 e. The van der Waals surface area contributed by atoms with E-state index in [0.717, 1.165) is 0 Å². The molecule has 1 rings (SSSR count). The van der Waals surface area contributed by atoms with Crippen LogP contribution in [0.5, 0.6) is 0 Å². The minimum atomic E-state index is -0.544. The summed E-state index contributed by atoms with van der Waals surface area (Å²) < 4.78 is 0. The number of hydrogen-bond donors (Lipinski definition) is 2. The van der Waals surface area contributed by atoms with Crippen molar-refractivity contribution < 1.29 is 9.90 Å². The second-order valence-corrected chi connectivity index (χ2v) is 4.28. The molecule has 0 saturated heterocycles. The molecule has 1 amide bonds. The van der Waals surface area contributed by atoms with E-state index in [-0.39, 0.29) is 19.0 Å².